The number of carbonyl (C=O) groups is 3. The van der Waals surface area contributed by atoms with Crippen molar-refractivity contribution in [3.8, 4) is 0 Å². The molecule has 3 rings (SSSR count). The molecular formula is C18H22N2O5. The number of rotatable bonds is 4. The van der Waals surface area contributed by atoms with Crippen molar-refractivity contribution >= 4 is 17.9 Å². The SMILES string of the molecule is CC(C)(C)OC(=O)N[C@H]1C[C@@H](CON2C(=O)c3ccccc3C2=O)C1. The molecule has 25 heavy (non-hydrogen) atoms. The highest BCUT2D eigenvalue weighted by molar-refractivity contribution is 6.20. The molecule has 1 heterocycles. The van der Waals surface area contributed by atoms with Crippen LogP contribution in [0.2, 0.25) is 0 Å². The van der Waals surface area contributed by atoms with Gasteiger partial charge in [0.2, 0.25) is 0 Å². The highest BCUT2D eigenvalue weighted by atomic mass is 16.7. The molecule has 134 valence electrons. The van der Waals surface area contributed by atoms with E-state index in [0.29, 0.717) is 11.1 Å². The van der Waals surface area contributed by atoms with E-state index in [4.69, 9.17) is 9.57 Å². The first-order chi connectivity index (χ1) is 11.7. The lowest BCUT2D eigenvalue weighted by Crippen LogP contribution is -2.48. The lowest BCUT2D eigenvalue weighted by Gasteiger charge is -2.36. The normalized spacial score (nSPS) is 22.4. The minimum absolute atomic E-state index is 0.0330. The number of ether oxygens (including phenoxy) is 1. The van der Waals surface area contributed by atoms with Crippen molar-refractivity contribution in [2.24, 2.45) is 5.92 Å². The van der Waals surface area contributed by atoms with Crippen molar-refractivity contribution in [3.63, 3.8) is 0 Å². The summed E-state index contributed by atoms with van der Waals surface area (Å²) in [6.07, 6.45) is 1.02. The molecule has 1 aliphatic carbocycles. The van der Waals surface area contributed by atoms with Gasteiger partial charge >= 0.3 is 6.09 Å². The average molecular weight is 346 g/mol. The van der Waals surface area contributed by atoms with Crippen molar-refractivity contribution in [2.75, 3.05) is 6.61 Å². The van der Waals surface area contributed by atoms with Crippen LogP contribution in [0.4, 0.5) is 4.79 Å². The zero-order valence-electron chi connectivity index (χ0n) is 14.6. The lowest BCUT2D eigenvalue weighted by atomic mass is 9.81. The summed E-state index contributed by atoms with van der Waals surface area (Å²) in [5.41, 5.74) is 0.207. The summed E-state index contributed by atoms with van der Waals surface area (Å²) >= 11 is 0. The van der Waals surface area contributed by atoms with Crippen molar-refractivity contribution in [3.05, 3.63) is 35.4 Å². The maximum atomic E-state index is 12.2. The summed E-state index contributed by atoms with van der Waals surface area (Å²) in [5.74, 6) is -0.670. The number of imide groups is 1. The first-order valence-corrected chi connectivity index (χ1v) is 8.35. The summed E-state index contributed by atoms with van der Waals surface area (Å²) in [6, 6.07) is 6.69. The smallest absolute Gasteiger partial charge is 0.407 e. The molecule has 3 amide bonds. The van der Waals surface area contributed by atoms with Crippen molar-refractivity contribution in [2.45, 2.75) is 45.3 Å². The second-order valence-electron chi connectivity index (χ2n) is 7.43. The maximum absolute atomic E-state index is 12.2. The van der Waals surface area contributed by atoms with Gasteiger partial charge in [0.25, 0.3) is 11.8 Å². The van der Waals surface area contributed by atoms with Crippen molar-refractivity contribution in [1.29, 1.82) is 0 Å². The van der Waals surface area contributed by atoms with Crippen LogP contribution in [0.3, 0.4) is 0 Å². The number of carbonyl (C=O) groups excluding carboxylic acids is 3. The second-order valence-corrected chi connectivity index (χ2v) is 7.43. The molecule has 0 saturated heterocycles. The topological polar surface area (TPSA) is 84.9 Å². The van der Waals surface area contributed by atoms with E-state index in [0.717, 1.165) is 17.9 Å². The number of benzene rings is 1. The Kier molecular flexibility index (Phi) is 4.51. The highest BCUT2D eigenvalue weighted by Crippen LogP contribution is 2.30. The van der Waals surface area contributed by atoms with E-state index in [1.54, 1.807) is 24.3 Å². The molecule has 1 aromatic rings. The van der Waals surface area contributed by atoms with Gasteiger partial charge in [-0.2, -0.15) is 0 Å². The average Bonchev–Trinajstić information content (AvgIpc) is 2.72. The van der Waals surface area contributed by atoms with Gasteiger partial charge in [0.05, 0.1) is 17.7 Å². The molecule has 0 aromatic heterocycles. The Morgan fingerprint density at radius 3 is 2.24 bits per heavy atom. The molecule has 1 N–H and O–H groups in total. The van der Waals surface area contributed by atoms with Gasteiger partial charge in [-0.05, 0) is 51.7 Å². The molecule has 7 heteroatoms. The molecule has 0 spiro atoms. The Balaban J connectivity index is 1.43. The van der Waals surface area contributed by atoms with Gasteiger partial charge in [0.15, 0.2) is 0 Å². The van der Waals surface area contributed by atoms with Crippen LogP contribution in [0.25, 0.3) is 0 Å². The van der Waals surface area contributed by atoms with Gasteiger partial charge in [0.1, 0.15) is 5.60 Å². The van der Waals surface area contributed by atoms with Gasteiger partial charge in [-0.15, -0.1) is 5.06 Å². The molecule has 2 aliphatic rings. The van der Waals surface area contributed by atoms with Gasteiger partial charge in [0, 0.05) is 6.04 Å². The van der Waals surface area contributed by atoms with E-state index in [1.807, 2.05) is 20.8 Å². The second kappa shape index (κ2) is 6.48. The van der Waals surface area contributed by atoms with Crippen LogP contribution in [-0.4, -0.2) is 41.2 Å². The third kappa shape index (κ3) is 3.82. The molecule has 0 unspecified atom stereocenters. The lowest BCUT2D eigenvalue weighted by molar-refractivity contribution is -0.112. The number of hydrogen-bond acceptors (Lipinski definition) is 5. The number of hydrogen-bond donors (Lipinski definition) is 1. The standard InChI is InChI=1S/C18H22N2O5/c1-18(2,3)25-17(23)19-12-8-11(9-12)10-24-20-15(21)13-6-4-5-7-14(13)16(20)22/h4-7,11-12H,8-10H2,1-3H3,(H,19,23)/t11-,12+. The number of nitrogens with zero attached hydrogens (tertiary/aromatic N) is 1. The monoisotopic (exact) mass is 346 g/mol. The fraction of sp³-hybridized carbons (Fsp3) is 0.500. The third-order valence-electron chi connectivity index (χ3n) is 4.15. The summed E-state index contributed by atoms with van der Waals surface area (Å²) in [6.45, 7) is 5.70. The van der Waals surface area contributed by atoms with Crippen molar-refractivity contribution in [1.82, 2.24) is 10.4 Å². The van der Waals surface area contributed by atoms with E-state index < -0.39 is 23.5 Å². The van der Waals surface area contributed by atoms with Gasteiger partial charge in [-0.1, -0.05) is 12.1 Å². The van der Waals surface area contributed by atoms with E-state index >= 15 is 0 Å². The Morgan fingerprint density at radius 1 is 1.16 bits per heavy atom. The van der Waals surface area contributed by atoms with E-state index in [-0.39, 0.29) is 18.6 Å². The molecule has 1 fully saturated rings. The first kappa shape index (κ1) is 17.4. The quantitative estimate of drug-likeness (QED) is 0.847. The minimum Gasteiger partial charge on any atom is -0.444 e. The van der Waals surface area contributed by atoms with Crippen LogP contribution < -0.4 is 5.32 Å². The zero-order valence-corrected chi connectivity index (χ0v) is 14.6. The molecule has 1 saturated carbocycles. The predicted molar refractivity (Wildman–Crippen MR) is 88.8 cm³/mol. The van der Waals surface area contributed by atoms with Crippen LogP contribution in [-0.2, 0) is 9.57 Å². The van der Waals surface area contributed by atoms with Gasteiger partial charge in [-0.3, -0.25) is 14.4 Å². The maximum Gasteiger partial charge on any atom is 0.407 e. The Labute approximate surface area is 146 Å². The van der Waals surface area contributed by atoms with Crippen LogP contribution in [0.1, 0.15) is 54.3 Å². The van der Waals surface area contributed by atoms with Gasteiger partial charge < -0.3 is 10.1 Å². The molecule has 1 aliphatic heterocycles. The molecule has 0 atom stereocenters. The first-order valence-electron chi connectivity index (χ1n) is 8.35. The molecule has 0 bridgehead atoms. The molecular weight excluding hydrogens is 324 g/mol. The van der Waals surface area contributed by atoms with E-state index in [2.05, 4.69) is 5.32 Å². The summed E-state index contributed by atoms with van der Waals surface area (Å²) in [4.78, 5) is 41.5. The van der Waals surface area contributed by atoms with Crippen LogP contribution in [0, 0.1) is 5.92 Å². The number of amides is 3. The number of hydroxylamine groups is 2. The Morgan fingerprint density at radius 2 is 1.72 bits per heavy atom. The zero-order chi connectivity index (χ0) is 18.2. The minimum atomic E-state index is -0.526. The molecule has 1 aromatic carbocycles. The van der Waals surface area contributed by atoms with Crippen LogP contribution >= 0.6 is 0 Å². The van der Waals surface area contributed by atoms with Crippen LogP contribution in [0.15, 0.2) is 24.3 Å². The Bertz CT molecular complexity index is 669. The third-order valence-corrected chi connectivity index (χ3v) is 4.15. The van der Waals surface area contributed by atoms with Crippen molar-refractivity contribution < 1.29 is 24.0 Å². The summed E-state index contributed by atoms with van der Waals surface area (Å²) in [7, 11) is 0. The largest absolute Gasteiger partial charge is 0.444 e. The molecule has 7 nitrogen and oxygen atoms in total. The fourth-order valence-corrected chi connectivity index (χ4v) is 2.93. The summed E-state index contributed by atoms with van der Waals surface area (Å²) in [5, 5.41) is 3.63. The van der Waals surface area contributed by atoms with E-state index in [9.17, 15) is 14.4 Å². The van der Waals surface area contributed by atoms with Crippen LogP contribution in [0.5, 0.6) is 0 Å². The number of fused-ring (bicyclic) bond motifs is 1. The molecule has 0 radical (unpaired) electrons. The number of alkyl carbamates (subject to hydrolysis) is 1. The fourth-order valence-electron chi connectivity index (χ4n) is 2.93. The van der Waals surface area contributed by atoms with E-state index in [1.165, 1.54) is 0 Å². The Hall–Kier alpha value is -2.41. The highest BCUT2D eigenvalue weighted by Gasteiger charge is 2.38. The summed E-state index contributed by atoms with van der Waals surface area (Å²) < 4.78 is 5.21. The number of nitrogens with one attached hydrogen (secondary N) is 1. The van der Waals surface area contributed by atoms with Gasteiger partial charge in [-0.25, -0.2) is 4.79 Å². The predicted octanol–water partition coefficient (Wildman–Crippen LogP) is 2.52.